The van der Waals surface area contributed by atoms with E-state index in [1.165, 1.54) is 0 Å². The molecule has 0 radical (unpaired) electrons. The fourth-order valence-electron chi connectivity index (χ4n) is 0.843. The number of hydrogen-bond acceptors (Lipinski definition) is 1. The lowest BCUT2D eigenvalue weighted by Crippen LogP contribution is -2.16. The van der Waals surface area contributed by atoms with Crippen molar-refractivity contribution in [2.75, 3.05) is 5.88 Å². The number of hydrogen-bond donors (Lipinski definition) is 1. The zero-order valence-corrected chi connectivity index (χ0v) is 7.56. The second-order valence-electron chi connectivity index (χ2n) is 2.78. The molecule has 1 nitrogen and oxygen atoms in total. The number of halogens is 1. The molecule has 62 valence electrons. The third-order valence-corrected chi connectivity index (χ3v) is 2.20. The van der Waals surface area contributed by atoms with Crippen molar-refractivity contribution in [2.45, 2.75) is 39.2 Å². The highest BCUT2D eigenvalue weighted by atomic mass is 35.5. The molecule has 0 aliphatic heterocycles. The standard InChI is InChI=1S/C8H17ClO/c1-3-7(2)8(10)5-4-6-9/h7-8,10H,3-6H2,1-2H3. The summed E-state index contributed by atoms with van der Waals surface area (Å²) in [6.07, 6.45) is 2.67. The SMILES string of the molecule is CCC(C)C(O)CCCCl. The Morgan fingerprint density at radius 2 is 2.10 bits per heavy atom. The van der Waals surface area contributed by atoms with Crippen molar-refractivity contribution in [3.8, 4) is 0 Å². The summed E-state index contributed by atoms with van der Waals surface area (Å²) in [7, 11) is 0. The highest BCUT2D eigenvalue weighted by Crippen LogP contribution is 2.12. The minimum absolute atomic E-state index is 0.149. The highest BCUT2D eigenvalue weighted by Gasteiger charge is 2.10. The van der Waals surface area contributed by atoms with Crippen LogP contribution in [0.5, 0.6) is 0 Å². The first-order valence-corrected chi connectivity index (χ1v) is 4.49. The van der Waals surface area contributed by atoms with Crippen LogP contribution in [-0.4, -0.2) is 17.1 Å². The van der Waals surface area contributed by atoms with Crippen molar-refractivity contribution in [1.82, 2.24) is 0 Å². The molecule has 2 atom stereocenters. The number of aliphatic hydroxyl groups excluding tert-OH is 1. The third kappa shape index (κ3) is 4.13. The second-order valence-corrected chi connectivity index (χ2v) is 3.16. The third-order valence-electron chi connectivity index (χ3n) is 1.93. The van der Waals surface area contributed by atoms with Gasteiger partial charge in [-0.3, -0.25) is 0 Å². The lowest BCUT2D eigenvalue weighted by atomic mass is 9.98. The quantitative estimate of drug-likeness (QED) is 0.619. The van der Waals surface area contributed by atoms with Gasteiger partial charge in [0.2, 0.25) is 0 Å². The van der Waals surface area contributed by atoms with Crippen molar-refractivity contribution < 1.29 is 5.11 Å². The molecule has 0 spiro atoms. The first kappa shape index (κ1) is 10.2. The summed E-state index contributed by atoms with van der Waals surface area (Å²) in [6, 6.07) is 0. The molecule has 0 aromatic carbocycles. The Balaban J connectivity index is 3.31. The monoisotopic (exact) mass is 164 g/mol. The molecule has 0 saturated heterocycles. The fourth-order valence-corrected chi connectivity index (χ4v) is 0.997. The number of rotatable bonds is 5. The van der Waals surface area contributed by atoms with Gasteiger partial charge in [-0.15, -0.1) is 11.6 Å². The van der Waals surface area contributed by atoms with Crippen LogP contribution in [0.25, 0.3) is 0 Å². The lowest BCUT2D eigenvalue weighted by Gasteiger charge is -2.15. The molecular weight excluding hydrogens is 148 g/mol. The summed E-state index contributed by atoms with van der Waals surface area (Å²) in [5.41, 5.74) is 0. The van der Waals surface area contributed by atoms with E-state index in [2.05, 4.69) is 13.8 Å². The molecule has 2 heteroatoms. The Hall–Kier alpha value is 0.250. The van der Waals surface area contributed by atoms with Gasteiger partial charge in [-0.2, -0.15) is 0 Å². The number of aliphatic hydroxyl groups is 1. The molecule has 10 heavy (non-hydrogen) atoms. The van der Waals surface area contributed by atoms with Gasteiger partial charge in [0, 0.05) is 5.88 Å². The molecule has 0 aliphatic carbocycles. The Morgan fingerprint density at radius 1 is 1.50 bits per heavy atom. The maximum atomic E-state index is 9.39. The van der Waals surface area contributed by atoms with Gasteiger partial charge in [-0.25, -0.2) is 0 Å². The van der Waals surface area contributed by atoms with E-state index >= 15 is 0 Å². The normalized spacial score (nSPS) is 16.8. The summed E-state index contributed by atoms with van der Waals surface area (Å²) < 4.78 is 0. The summed E-state index contributed by atoms with van der Waals surface area (Å²) in [4.78, 5) is 0. The van der Waals surface area contributed by atoms with Crippen LogP contribution < -0.4 is 0 Å². The van der Waals surface area contributed by atoms with Gasteiger partial charge in [0.15, 0.2) is 0 Å². The van der Waals surface area contributed by atoms with Gasteiger partial charge in [0.05, 0.1) is 6.10 Å². The van der Waals surface area contributed by atoms with Gasteiger partial charge in [-0.05, 0) is 18.8 Å². The Bertz CT molecular complexity index is 75.7. The molecule has 0 aromatic heterocycles. The van der Waals surface area contributed by atoms with Crippen LogP contribution in [0.1, 0.15) is 33.1 Å². The maximum Gasteiger partial charge on any atom is 0.0566 e. The second kappa shape index (κ2) is 5.99. The minimum atomic E-state index is -0.149. The molecule has 0 rings (SSSR count). The van der Waals surface area contributed by atoms with E-state index in [9.17, 15) is 5.11 Å². The number of alkyl halides is 1. The topological polar surface area (TPSA) is 20.2 Å². The summed E-state index contributed by atoms with van der Waals surface area (Å²) >= 11 is 5.48. The smallest absolute Gasteiger partial charge is 0.0566 e. The van der Waals surface area contributed by atoms with Gasteiger partial charge in [-0.1, -0.05) is 20.3 Å². The van der Waals surface area contributed by atoms with Gasteiger partial charge >= 0.3 is 0 Å². The fraction of sp³-hybridized carbons (Fsp3) is 1.00. The molecule has 2 unspecified atom stereocenters. The van der Waals surface area contributed by atoms with Crippen molar-refractivity contribution >= 4 is 11.6 Å². The van der Waals surface area contributed by atoms with Crippen LogP contribution in [-0.2, 0) is 0 Å². The van der Waals surface area contributed by atoms with E-state index < -0.39 is 0 Å². The van der Waals surface area contributed by atoms with Crippen LogP contribution in [0.4, 0.5) is 0 Å². The maximum absolute atomic E-state index is 9.39. The van der Waals surface area contributed by atoms with Crippen molar-refractivity contribution in [3.63, 3.8) is 0 Å². The van der Waals surface area contributed by atoms with Crippen molar-refractivity contribution in [3.05, 3.63) is 0 Å². The van der Waals surface area contributed by atoms with Crippen LogP contribution in [0, 0.1) is 5.92 Å². The Morgan fingerprint density at radius 3 is 2.50 bits per heavy atom. The molecule has 0 fully saturated rings. The van der Waals surface area contributed by atoms with Crippen molar-refractivity contribution in [2.24, 2.45) is 5.92 Å². The first-order chi connectivity index (χ1) is 4.72. The molecule has 0 saturated carbocycles. The Kier molecular flexibility index (Phi) is 6.14. The zero-order valence-electron chi connectivity index (χ0n) is 6.81. The van der Waals surface area contributed by atoms with Crippen LogP contribution in [0.3, 0.4) is 0 Å². The minimum Gasteiger partial charge on any atom is -0.393 e. The first-order valence-electron chi connectivity index (χ1n) is 3.96. The highest BCUT2D eigenvalue weighted by molar-refractivity contribution is 6.17. The van der Waals surface area contributed by atoms with E-state index in [0.717, 1.165) is 19.3 Å². The average molecular weight is 165 g/mol. The molecule has 0 aliphatic rings. The molecular formula is C8H17ClO. The van der Waals surface area contributed by atoms with Crippen LogP contribution >= 0.6 is 11.6 Å². The predicted octanol–water partition coefficient (Wildman–Crippen LogP) is 2.41. The molecule has 0 amide bonds. The van der Waals surface area contributed by atoms with E-state index in [-0.39, 0.29) is 6.10 Å². The Labute approximate surface area is 68.4 Å². The average Bonchev–Trinajstić information content (AvgIpc) is 1.98. The van der Waals surface area contributed by atoms with Crippen LogP contribution in [0.2, 0.25) is 0 Å². The van der Waals surface area contributed by atoms with Gasteiger partial charge in [0.25, 0.3) is 0 Å². The van der Waals surface area contributed by atoms with Gasteiger partial charge < -0.3 is 5.11 Å². The zero-order chi connectivity index (χ0) is 7.98. The summed E-state index contributed by atoms with van der Waals surface area (Å²) in [5.74, 6) is 1.08. The summed E-state index contributed by atoms with van der Waals surface area (Å²) in [6.45, 7) is 4.16. The van der Waals surface area contributed by atoms with Crippen molar-refractivity contribution in [1.29, 1.82) is 0 Å². The van der Waals surface area contributed by atoms with E-state index in [0.29, 0.717) is 11.8 Å². The van der Waals surface area contributed by atoms with E-state index in [1.54, 1.807) is 0 Å². The largest absolute Gasteiger partial charge is 0.393 e. The van der Waals surface area contributed by atoms with Gasteiger partial charge in [0.1, 0.15) is 0 Å². The van der Waals surface area contributed by atoms with E-state index in [4.69, 9.17) is 11.6 Å². The summed E-state index contributed by atoms with van der Waals surface area (Å²) in [5, 5.41) is 9.39. The molecule has 0 bridgehead atoms. The molecule has 0 aromatic rings. The predicted molar refractivity (Wildman–Crippen MR) is 45.4 cm³/mol. The molecule has 0 heterocycles. The van der Waals surface area contributed by atoms with Crippen LogP contribution in [0.15, 0.2) is 0 Å². The molecule has 1 N–H and O–H groups in total. The lowest BCUT2D eigenvalue weighted by molar-refractivity contribution is 0.105. The van der Waals surface area contributed by atoms with E-state index in [1.807, 2.05) is 0 Å².